The predicted molar refractivity (Wildman–Crippen MR) is 67.0 cm³/mol. The molecule has 0 spiro atoms. The van der Waals surface area contributed by atoms with E-state index in [9.17, 15) is 9.90 Å². The molecule has 2 N–H and O–H groups in total. The van der Waals surface area contributed by atoms with Crippen LogP contribution in [0, 0.1) is 0 Å². The zero-order valence-electron chi connectivity index (χ0n) is 9.86. The van der Waals surface area contributed by atoms with E-state index < -0.39 is 6.10 Å². The monoisotopic (exact) mass is 361 g/mol. The van der Waals surface area contributed by atoms with E-state index in [1.165, 1.54) is 7.11 Å². The van der Waals surface area contributed by atoms with Crippen molar-refractivity contribution in [2.75, 3.05) is 7.11 Å². The molecule has 0 aromatic carbocycles. The van der Waals surface area contributed by atoms with Crippen molar-refractivity contribution in [1.29, 1.82) is 0 Å². The van der Waals surface area contributed by atoms with Crippen LogP contribution in [0.3, 0.4) is 0 Å². The summed E-state index contributed by atoms with van der Waals surface area (Å²) < 4.78 is 5.33. The molecule has 0 bridgehead atoms. The van der Waals surface area contributed by atoms with Crippen LogP contribution < -0.4 is 5.32 Å². The summed E-state index contributed by atoms with van der Waals surface area (Å²) in [6.07, 6.45) is 0.797. The van der Waals surface area contributed by atoms with E-state index >= 15 is 0 Å². The number of aliphatic hydroxyl groups excluding tert-OH is 1. The maximum atomic E-state index is 11.5. The first kappa shape index (κ1) is 16.1. The van der Waals surface area contributed by atoms with Gasteiger partial charge in [0.2, 0.25) is 0 Å². The molecule has 0 radical (unpaired) electrons. The van der Waals surface area contributed by atoms with Gasteiger partial charge < -0.3 is 0 Å². The van der Waals surface area contributed by atoms with E-state index in [-0.39, 0.29) is 12.0 Å². The van der Waals surface area contributed by atoms with Gasteiger partial charge in [-0.1, -0.05) is 0 Å². The molecule has 0 amide bonds. The molecule has 0 saturated heterocycles. The van der Waals surface area contributed by atoms with Crippen LogP contribution in [0.1, 0.15) is 19.8 Å². The van der Waals surface area contributed by atoms with Crippen molar-refractivity contribution in [2.45, 2.75) is 43.1 Å². The number of carbonyl (C=O) groups is 1. The van der Waals surface area contributed by atoms with Crippen molar-refractivity contribution in [3.63, 3.8) is 0 Å². The van der Waals surface area contributed by atoms with E-state index in [4.69, 9.17) is 4.74 Å². The summed E-state index contributed by atoms with van der Waals surface area (Å²) >= 11 is 3.30. The molecule has 4 nitrogen and oxygen atoms in total. The van der Waals surface area contributed by atoms with Gasteiger partial charge in [0.05, 0.1) is 0 Å². The molecule has 0 unspecified atom stereocenters. The van der Waals surface area contributed by atoms with Gasteiger partial charge in [-0.05, 0) is 0 Å². The van der Waals surface area contributed by atoms with Gasteiger partial charge in [0, 0.05) is 0 Å². The van der Waals surface area contributed by atoms with Crippen LogP contribution in [0.15, 0.2) is 0 Å². The number of esters is 1. The Morgan fingerprint density at radius 2 is 2.25 bits per heavy atom. The second-order valence-electron chi connectivity index (χ2n) is 3.29. The zero-order chi connectivity index (χ0) is 12.6. The number of hydrogen-bond acceptors (Lipinski definition) is 4. The first-order chi connectivity index (χ1) is 7.56. The fourth-order valence-corrected chi connectivity index (χ4v) is 2.72. The fourth-order valence-electron chi connectivity index (χ4n) is 1.08. The Bertz CT molecular complexity index is 236. The van der Waals surface area contributed by atoms with Gasteiger partial charge in [0.25, 0.3) is 0 Å². The molecule has 16 heavy (non-hydrogen) atoms. The van der Waals surface area contributed by atoms with Crippen LogP contribution in [0.4, 0.5) is 0 Å². The molecule has 6 heteroatoms. The van der Waals surface area contributed by atoms with E-state index in [1.54, 1.807) is 0 Å². The molecule has 0 fully saturated rings. The molecule has 0 aliphatic rings. The molecular formula is C10H19NO3Se2. The Morgan fingerprint density at radius 3 is 2.69 bits per heavy atom. The van der Waals surface area contributed by atoms with E-state index in [1.807, 2.05) is 6.92 Å². The van der Waals surface area contributed by atoms with Crippen molar-refractivity contribution in [1.82, 2.24) is 5.32 Å². The Labute approximate surface area is 111 Å². The van der Waals surface area contributed by atoms with Crippen molar-refractivity contribution in [3.05, 3.63) is 0 Å². The summed E-state index contributed by atoms with van der Waals surface area (Å²) in [4.78, 5) is 11.5. The van der Waals surface area contributed by atoms with E-state index in [2.05, 4.69) is 26.7 Å². The molecule has 0 saturated carbocycles. The van der Waals surface area contributed by atoms with E-state index in [0.29, 0.717) is 25.9 Å². The summed E-state index contributed by atoms with van der Waals surface area (Å²) in [5.74, 6) is 1.85. The van der Waals surface area contributed by atoms with Gasteiger partial charge >= 0.3 is 111 Å². The van der Waals surface area contributed by atoms with Crippen LogP contribution >= 0.6 is 0 Å². The molecule has 0 aliphatic heterocycles. The average Bonchev–Trinajstić information content (AvgIpc) is 2.31. The first-order valence-corrected chi connectivity index (χ1v) is 8.90. The quantitative estimate of drug-likeness (QED) is 0.464. The Balaban J connectivity index is 4.30. The van der Waals surface area contributed by atoms with Gasteiger partial charge in [-0.2, -0.15) is 0 Å². The topological polar surface area (TPSA) is 58.6 Å². The SMILES string of the molecule is CC[C@H](O)C(=[Se])N[C@@H](CC[Se]C)C(=O)OC. The van der Waals surface area contributed by atoms with E-state index in [0.717, 1.165) is 11.7 Å². The molecule has 94 valence electrons. The predicted octanol–water partition coefficient (Wildman–Crippen LogP) is -0.252. The van der Waals surface area contributed by atoms with Crippen molar-refractivity contribution < 1.29 is 14.6 Å². The Kier molecular flexibility index (Phi) is 9.28. The maximum absolute atomic E-state index is 11.5. The van der Waals surface area contributed by atoms with Gasteiger partial charge in [-0.3, -0.25) is 0 Å². The molecule has 0 heterocycles. The van der Waals surface area contributed by atoms with Crippen LogP contribution in [-0.4, -0.2) is 65.4 Å². The number of nitrogens with one attached hydrogen (secondary N) is 1. The minimum absolute atomic E-state index is 0.277. The summed E-state index contributed by atoms with van der Waals surface area (Å²) in [6, 6.07) is -0.357. The third-order valence-corrected chi connectivity index (χ3v) is 4.27. The van der Waals surface area contributed by atoms with Gasteiger partial charge in [0.15, 0.2) is 0 Å². The van der Waals surface area contributed by atoms with Gasteiger partial charge in [-0.15, -0.1) is 0 Å². The average molecular weight is 359 g/mol. The van der Waals surface area contributed by atoms with Crippen molar-refractivity contribution in [3.8, 4) is 0 Å². The van der Waals surface area contributed by atoms with Crippen molar-refractivity contribution in [2.24, 2.45) is 0 Å². The number of ether oxygens (including phenoxy) is 1. The standard InChI is InChI=1S/C10H19NO3Se2/c1-4-8(12)9(15)11-7(5-6-16-3)10(13)14-2/h7-8,12H,4-6H2,1-3H3,(H,11,15)/t7-,8-/m0/s1. The Hall–Kier alpha value is 0.139. The molecule has 0 rings (SSSR count). The summed E-state index contributed by atoms with van der Waals surface area (Å²) in [5.41, 5.74) is 0. The summed E-state index contributed by atoms with van der Waals surface area (Å²) in [7, 11) is 1.38. The summed E-state index contributed by atoms with van der Waals surface area (Å²) in [5, 5.41) is 13.6. The molecular weight excluding hydrogens is 340 g/mol. The van der Waals surface area contributed by atoms with Gasteiger partial charge in [-0.25, -0.2) is 0 Å². The second-order valence-corrected chi connectivity index (χ2v) is 6.28. The number of aliphatic hydroxyl groups is 1. The van der Waals surface area contributed by atoms with Crippen LogP contribution in [0.25, 0.3) is 0 Å². The number of carbonyl (C=O) groups excluding carboxylic acids is 1. The Morgan fingerprint density at radius 1 is 1.62 bits per heavy atom. The zero-order valence-corrected chi connectivity index (χ0v) is 13.3. The number of hydrogen-bond donors (Lipinski definition) is 2. The molecule has 0 aliphatic carbocycles. The second kappa shape index (κ2) is 9.20. The molecule has 0 aromatic heterocycles. The third kappa shape index (κ3) is 6.02. The first-order valence-electron chi connectivity index (χ1n) is 5.12. The van der Waals surface area contributed by atoms with Crippen LogP contribution in [0.2, 0.25) is 11.1 Å². The minimum atomic E-state index is -0.556. The van der Waals surface area contributed by atoms with Crippen molar-refractivity contribution >= 4 is 41.0 Å². The number of methoxy groups -OCH3 is 1. The third-order valence-electron chi connectivity index (χ3n) is 2.10. The van der Waals surface area contributed by atoms with Crippen LogP contribution in [0.5, 0.6) is 0 Å². The molecule has 0 aromatic rings. The number of rotatable bonds is 8. The summed E-state index contributed by atoms with van der Waals surface area (Å²) in [6.45, 7) is 1.88. The van der Waals surface area contributed by atoms with Crippen LogP contribution in [-0.2, 0) is 9.53 Å². The fraction of sp³-hybridized carbons (Fsp3) is 0.800. The normalized spacial score (nSPS) is 14.0. The molecule has 2 atom stereocenters. The van der Waals surface area contributed by atoms with Gasteiger partial charge in [0.1, 0.15) is 0 Å².